The van der Waals surface area contributed by atoms with E-state index in [-0.39, 0.29) is 12.4 Å². The van der Waals surface area contributed by atoms with E-state index >= 15 is 0 Å². The summed E-state index contributed by atoms with van der Waals surface area (Å²) in [6.07, 6.45) is 0. The zero-order chi connectivity index (χ0) is 16.9. The molecule has 2 aliphatic rings. The number of Topliss-reactive ketones (excluding diaryl/α,β-unsaturated/α-hetero) is 1. The Morgan fingerprint density at radius 3 is 2.42 bits per heavy atom. The number of nitrogens with zero attached hydrogens (tertiary/aromatic N) is 2. The molecule has 0 spiro atoms. The first-order valence-corrected chi connectivity index (χ1v) is 8.89. The van der Waals surface area contributed by atoms with Gasteiger partial charge in [-0.1, -0.05) is 24.3 Å². The van der Waals surface area contributed by atoms with Crippen LogP contribution in [0.2, 0.25) is 0 Å². The number of carbonyl (C=O) groups is 1. The maximum absolute atomic E-state index is 11.4. The monoisotopic (exact) mass is 332 g/mol. The number of rotatable bonds is 6. The number of morpholine rings is 1. The summed E-state index contributed by atoms with van der Waals surface area (Å²) < 4.78 is 5.42. The second kappa shape index (κ2) is 8.21. The molecule has 0 aliphatic carbocycles. The van der Waals surface area contributed by atoms with Crippen LogP contribution in [0.5, 0.6) is 0 Å². The van der Waals surface area contributed by atoms with Crippen LogP contribution in [0.1, 0.15) is 22.8 Å². The van der Waals surface area contributed by atoms with E-state index < -0.39 is 0 Å². The molecule has 2 fully saturated rings. The lowest BCUT2D eigenvalue weighted by atomic mass is 9.96. The number of carbonyl (C=O) groups excluding carboxylic acids is 1. The van der Waals surface area contributed by atoms with Gasteiger partial charge in [0.2, 0.25) is 0 Å². The van der Waals surface area contributed by atoms with Crippen LogP contribution in [0.4, 0.5) is 0 Å². The van der Waals surface area contributed by atoms with E-state index in [1.165, 1.54) is 5.56 Å². The summed E-state index contributed by atoms with van der Waals surface area (Å²) in [6.45, 7) is 9.40. The van der Waals surface area contributed by atoms with Gasteiger partial charge in [-0.15, -0.1) is 0 Å². The van der Waals surface area contributed by atoms with Gasteiger partial charge < -0.3 is 9.84 Å². The van der Waals surface area contributed by atoms with Crippen LogP contribution >= 0.6 is 0 Å². The van der Waals surface area contributed by atoms with E-state index in [1.54, 1.807) is 6.92 Å². The number of likely N-dealkylation sites (tertiary alicyclic amines) is 1. The van der Waals surface area contributed by atoms with Gasteiger partial charge >= 0.3 is 0 Å². The van der Waals surface area contributed by atoms with E-state index in [0.717, 1.165) is 58.0 Å². The number of ether oxygens (including phenoxy) is 1. The highest BCUT2D eigenvalue weighted by atomic mass is 16.5. The van der Waals surface area contributed by atoms with Crippen LogP contribution in [-0.4, -0.2) is 73.2 Å². The summed E-state index contributed by atoms with van der Waals surface area (Å²) in [4.78, 5) is 16.2. The predicted octanol–water partition coefficient (Wildman–Crippen LogP) is 1.26. The molecule has 1 aromatic carbocycles. The second-order valence-corrected chi connectivity index (χ2v) is 7.06. The molecule has 5 heteroatoms. The van der Waals surface area contributed by atoms with E-state index in [4.69, 9.17) is 4.74 Å². The van der Waals surface area contributed by atoms with E-state index in [9.17, 15) is 9.90 Å². The molecule has 1 N–H and O–H groups in total. The van der Waals surface area contributed by atoms with Crippen molar-refractivity contribution < 1.29 is 14.6 Å². The fourth-order valence-electron chi connectivity index (χ4n) is 3.80. The lowest BCUT2D eigenvalue weighted by Crippen LogP contribution is -2.41. The molecule has 0 unspecified atom stereocenters. The van der Waals surface area contributed by atoms with Gasteiger partial charge in [0.15, 0.2) is 5.78 Å². The zero-order valence-electron chi connectivity index (χ0n) is 14.5. The second-order valence-electron chi connectivity index (χ2n) is 7.06. The molecule has 1 aromatic rings. The Morgan fingerprint density at radius 1 is 1.12 bits per heavy atom. The number of ketones is 1. The molecule has 2 atom stereocenters. The maximum Gasteiger partial charge on any atom is 0.159 e. The van der Waals surface area contributed by atoms with Crippen LogP contribution in [0.25, 0.3) is 0 Å². The van der Waals surface area contributed by atoms with Crippen molar-refractivity contribution in [3.8, 4) is 0 Å². The fraction of sp³-hybridized carbons (Fsp3) is 0.632. The number of benzene rings is 1. The summed E-state index contributed by atoms with van der Waals surface area (Å²) in [6, 6.07) is 7.89. The number of aliphatic hydroxyl groups is 1. The third-order valence-electron chi connectivity index (χ3n) is 5.25. The molecule has 0 saturated carbocycles. The fourth-order valence-corrected chi connectivity index (χ4v) is 3.80. The average Bonchev–Trinajstić information content (AvgIpc) is 2.97. The van der Waals surface area contributed by atoms with Crippen molar-refractivity contribution in [3.05, 3.63) is 35.4 Å². The largest absolute Gasteiger partial charge is 0.396 e. The van der Waals surface area contributed by atoms with Crippen molar-refractivity contribution in [2.24, 2.45) is 11.8 Å². The highest BCUT2D eigenvalue weighted by molar-refractivity contribution is 5.93. The van der Waals surface area contributed by atoms with Crippen LogP contribution in [0, 0.1) is 11.8 Å². The van der Waals surface area contributed by atoms with E-state index in [0.29, 0.717) is 11.8 Å². The van der Waals surface area contributed by atoms with Gasteiger partial charge in [-0.2, -0.15) is 0 Å². The lowest BCUT2D eigenvalue weighted by molar-refractivity contribution is 0.0264. The molecule has 2 saturated heterocycles. The molecular weight excluding hydrogens is 304 g/mol. The summed E-state index contributed by atoms with van der Waals surface area (Å²) in [5.41, 5.74) is 1.99. The molecule has 0 radical (unpaired) electrons. The average molecular weight is 332 g/mol. The molecular formula is C19H28N2O3. The van der Waals surface area contributed by atoms with Gasteiger partial charge in [-0.25, -0.2) is 0 Å². The van der Waals surface area contributed by atoms with Gasteiger partial charge in [0.05, 0.1) is 13.2 Å². The third kappa shape index (κ3) is 4.42. The zero-order valence-corrected chi connectivity index (χ0v) is 14.5. The molecule has 2 aliphatic heterocycles. The Bertz CT molecular complexity index is 540. The minimum Gasteiger partial charge on any atom is -0.396 e. The number of hydrogen-bond acceptors (Lipinski definition) is 5. The molecule has 132 valence electrons. The van der Waals surface area contributed by atoms with Crippen LogP contribution in [-0.2, 0) is 11.3 Å². The minimum atomic E-state index is 0.105. The van der Waals surface area contributed by atoms with Crippen LogP contribution in [0.15, 0.2) is 24.3 Å². The number of hydrogen-bond donors (Lipinski definition) is 1. The minimum absolute atomic E-state index is 0.105. The Kier molecular flexibility index (Phi) is 6.00. The normalized spacial score (nSPS) is 25.9. The van der Waals surface area contributed by atoms with Gasteiger partial charge in [-0.05, 0) is 24.3 Å². The first kappa shape index (κ1) is 17.5. The quantitative estimate of drug-likeness (QED) is 0.795. The first-order chi connectivity index (χ1) is 11.7. The third-order valence-corrected chi connectivity index (χ3v) is 5.25. The summed E-state index contributed by atoms with van der Waals surface area (Å²) in [5.74, 6) is 0.975. The van der Waals surface area contributed by atoms with Crippen molar-refractivity contribution in [2.75, 3.05) is 52.5 Å². The Hall–Kier alpha value is -1.27. The Morgan fingerprint density at radius 2 is 1.79 bits per heavy atom. The van der Waals surface area contributed by atoms with Gasteiger partial charge in [0.25, 0.3) is 0 Å². The molecule has 0 aromatic heterocycles. The van der Waals surface area contributed by atoms with Crippen molar-refractivity contribution in [1.82, 2.24) is 9.80 Å². The lowest BCUT2D eigenvalue weighted by Gasteiger charge is -2.30. The predicted molar refractivity (Wildman–Crippen MR) is 93.0 cm³/mol. The summed E-state index contributed by atoms with van der Waals surface area (Å²) in [7, 11) is 0. The van der Waals surface area contributed by atoms with E-state index in [1.807, 2.05) is 24.3 Å². The van der Waals surface area contributed by atoms with E-state index in [2.05, 4.69) is 9.80 Å². The molecule has 2 heterocycles. The summed E-state index contributed by atoms with van der Waals surface area (Å²) >= 11 is 0. The first-order valence-electron chi connectivity index (χ1n) is 8.89. The molecule has 3 rings (SSSR count). The highest BCUT2D eigenvalue weighted by Gasteiger charge is 2.33. The standard InChI is InChI=1S/C19H28N2O3/c1-15(23)17-4-2-16(3-5-17)10-21-12-18(19(13-21)14-22)11-20-6-8-24-9-7-20/h2-5,18-19,22H,6-14H2,1H3/t18-,19-/m1/s1. The van der Waals surface area contributed by atoms with Gasteiger partial charge in [0.1, 0.15) is 0 Å². The smallest absolute Gasteiger partial charge is 0.159 e. The summed E-state index contributed by atoms with van der Waals surface area (Å²) in [5, 5.41) is 9.74. The van der Waals surface area contributed by atoms with Gasteiger partial charge in [-0.3, -0.25) is 14.6 Å². The maximum atomic E-state index is 11.4. The Labute approximate surface area is 144 Å². The number of aliphatic hydroxyl groups excluding tert-OH is 1. The van der Waals surface area contributed by atoms with Crippen LogP contribution < -0.4 is 0 Å². The van der Waals surface area contributed by atoms with Crippen molar-refractivity contribution in [2.45, 2.75) is 13.5 Å². The molecule has 24 heavy (non-hydrogen) atoms. The molecule has 0 amide bonds. The highest BCUT2D eigenvalue weighted by Crippen LogP contribution is 2.26. The topological polar surface area (TPSA) is 53.0 Å². The van der Waals surface area contributed by atoms with Gasteiger partial charge in [0, 0.05) is 51.4 Å². The Balaban J connectivity index is 1.55. The van der Waals surface area contributed by atoms with Crippen molar-refractivity contribution >= 4 is 5.78 Å². The SMILES string of the molecule is CC(=O)c1ccc(CN2C[C@@H](CN3CCOCC3)[C@@H](CO)C2)cc1. The molecule has 5 nitrogen and oxygen atoms in total. The van der Waals surface area contributed by atoms with Crippen molar-refractivity contribution in [1.29, 1.82) is 0 Å². The van der Waals surface area contributed by atoms with Crippen molar-refractivity contribution in [3.63, 3.8) is 0 Å². The van der Waals surface area contributed by atoms with Crippen LogP contribution in [0.3, 0.4) is 0 Å². The molecule has 0 bridgehead atoms.